The Bertz CT molecular complexity index is 566. The van der Waals surface area contributed by atoms with Gasteiger partial charge in [-0.1, -0.05) is 17.4 Å². The molecule has 2 aromatic heterocycles. The van der Waals surface area contributed by atoms with Crippen LogP contribution in [0.1, 0.15) is 22.7 Å². The third-order valence-electron chi connectivity index (χ3n) is 3.03. The number of aryl methyl sites for hydroxylation is 1. The summed E-state index contributed by atoms with van der Waals surface area (Å²) in [6.45, 7) is 3.85. The molecule has 0 saturated heterocycles. The molecule has 0 N–H and O–H groups in total. The van der Waals surface area contributed by atoms with Crippen LogP contribution in [0, 0.1) is 10.9 Å². The third-order valence-corrected chi connectivity index (χ3v) is 5.11. The highest BCUT2D eigenvalue weighted by Gasteiger charge is 2.29. The minimum atomic E-state index is 0.719. The molecular formula is C12H15N3S3. The highest BCUT2D eigenvalue weighted by Crippen LogP contribution is 2.29. The van der Waals surface area contributed by atoms with E-state index in [1.807, 2.05) is 22.9 Å². The second kappa shape index (κ2) is 5.21. The maximum absolute atomic E-state index is 5.34. The van der Waals surface area contributed by atoms with Gasteiger partial charge in [-0.3, -0.25) is 4.90 Å². The van der Waals surface area contributed by atoms with Crippen LogP contribution in [-0.4, -0.2) is 20.7 Å². The Hall–Kier alpha value is -0.560. The molecule has 0 aromatic carbocycles. The molecule has 1 saturated carbocycles. The summed E-state index contributed by atoms with van der Waals surface area (Å²) in [7, 11) is 0. The van der Waals surface area contributed by atoms with Crippen LogP contribution < -0.4 is 0 Å². The van der Waals surface area contributed by atoms with Gasteiger partial charge in [-0.15, -0.1) is 11.3 Å². The second-order valence-corrected chi connectivity index (χ2v) is 7.44. The fourth-order valence-corrected chi connectivity index (χ4v) is 3.79. The first-order valence-corrected chi connectivity index (χ1v) is 8.14. The molecule has 0 radical (unpaired) electrons. The van der Waals surface area contributed by atoms with E-state index in [9.17, 15) is 0 Å². The van der Waals surface area contributed by atoms with Crippen molar-refractivity contribution < 1.29 is 0 Å². The fraction of sp³-hybridized carbons (Fsp3) is 0.500. The van der Waals surface area contributed by atoms with Gasteiger partial charge < -0.3 is 0 Å². The number of rotatable bonds is 5. The van der Waals surface area contributed by atoms with Gasteiger partial charge in [-0.2, -0.15) is 5.10 Å². The van der Waals surface area contributed by atoms with E-state index in [0.29, 0.717) is 0 Å². The normalized spacial score (nSPS) is 15.4. The molecule has 0 unspecified atom stereocenters. The molecule has 1 aliphatic carbocycles. The van der Waals surface area contributed by atoms with Gasteiger partial charge in [0.25, 0.3) is 0 Å². The molecule has 2 heterocycles. The van der Waals surface area contributed by atoms with Crippen LogP contribution in [0.25, 0.3) is 0 Å². The van der Waals surface area contributed by atoms with Crippen molar-refractivity contribution in [2.24, 2.45) is 0 Å². The molecule has 1 fully saturated rings. The Balaban J connectivity index is 1.74. The largest absolute Gasteiger partial charge is 0.276 e. The van der Waals surface area contributed by atoms with Gasteiger partial charge in [0.1, 0.15) is 5.01 Å². The maximum atomic E-state index is 5.34. The van der Waals surface area contributed by atoms with Crippen LogP contribution in [0.3, 0.4) is 0 Å². The highest BCUT2D eigenvalue weighted by molar-refractivity contribution is 7.73. The van der Waals surface area contributed by atoms with Crippen molar-refractivity contribution in [3.8, 4) is 0 Å². The van der Waals surface area contributed by atoms with Crippen LogP contribution >= 0.6 is 34.9 Å². The Morgan fingerprint density at radius 2 is 2.39 bits per heavy atom. The maximum Gasteiger partial charge on any atom is 0.180 e. The molecule has 1 aliphatic rings. The number of hydrogen-bond acceptors (Lipinski definition) is 5. The number of hydrogen-bond donors (Lipinski definition) is 0. The Kier molecular flexibility index (Phi) is 3.61. The highest BCUT2D eigenvalue weighted by atomic mass is 32.1. The van der Waals surface area contributed by atoms with Gasteiger partial charge in [0, 0.05) is 17.5 Å². The zero-order chi connectivity index (χ0) is 12.5. The first-order chi connectivity index (χ1) is 8.72. The summed E-state index contributed by atoms with van der Waals surface area (Å²) >= 11 is 8.76. The molecule has 0 bridgehead atoms. The van der Waals surface area contributed by atoms with Crippen molar-refractivity contribution in [3.63, 3.8) is 0 Å². The van der Waals surface area contributed by atoms with Crippen molar-refractivity contribution in [3.05, 3.63) is 31.4 Å². The number of nitrogens with zero attached hydrogens (tertiary/aromatic N) is 3. The molecule has 0 atom stereocenters. The first kappa shape index (κ1) is 12.5. The average Bonchev–Trinajstić information content (AvgIpc) is 2.96. The van der Waals surface area contributed by atoms with Crippen molar-refractivity contribution in [1.82, 2.24) is 14.7 Å². The summed E-state index contributed by atoms with van der Waals surface area (Å²) in [5.41, 5.74) is 0. The second-order valence-electron chi connectivity index (χ2n) is 4.59. The predicted molar refractivity (Wildman–Crippen MR) is 78.6 cm³/mol. The molecule has 0 aliphatic heterocycles. The minimum Gasteiger partial charge on any atom is -0.276 e. The molecule has 3 nitrogen and oxygen atoms in total. The van der Waals surface area contributed by atoms with Gasteiger partial charge >= 0.3 is 0 Å². The fourth-order valence-electron chi connectivity index (χ4n) is 2.01. The topological polar surface area (TPSA) is 21.1 Å². The van der Waals surface area contributed by atoms with Crippen molar-refractivity contribution >= 4 is 34.9 Å². The smallest absolute Gasteiger partial charge is 0.180 e. The summed E-state index contributed by atoms with van der Waals surface area (Å²) in [5, 5.41) is 7.67. The average molecular weight is 297 g/mol. The van der Waals surface area contributed by atoms with Crippen LogP contribution in [-0.2, 0) is 13.2 Å². The van der Waals surface area contributed by atoms with Crippen LogP contribution in [0.5, 0.6) is 0 Å². The molecule has 0 amide bonds. The standard InChI is InChI=1S/C12H15N3S3/c1-9-13-15(12(16)18-9)8-14(10-4-5-10)7-11-3-2-6-17-11/h2-3,6,10H,4-5,7-8H2,1H3. The molecule has 18 heavy (non-hydrogen) atoms. The molecule has 6 heteroatoms. The Morgan fingerprint density at radius 1 is 1.56 bits per heavy atom. The lowest BCUT2D eigenvalue weighted by molar-refractivity contribution is 0.189. The van der Waals surface area contributed by atoms with Crippen molar-refractivity contribution in [1.29, 1.82) is 0 Å². The predicted octanol–water partition coefficient (Wildman–Crippen LogP) is 3.67. The van der Waals surface area contributed by atoms with E-state index in [1.165, 1.54) is 17.7 Å². The quantitative estimate of drug-likeness (QED) is 0.786. The van der Waals surface area contributed by atoms with E-state index >= 15 is 0 Å². The molecule has 2 aromatic rings. The SMILES string of the molecule is Cc1nn(CN(Cc2cccs2)C2CC2)c(=S)s1. The number of aromatic nitrogens is 2. The minimum absolute atomic E-state index is 0.719. The van der Waals surface area contributed by atoms with Crippen LogP contribution in [0.4, 0.5) is 0 Å². The summed E-state index contributed by atoms with van der Waals surface area (Å²) in [6, 6.07) is 5.03. The first-order valence-electron chi connectivity index (χ1n) is 6.03. The summed E-state index contributed by atoms with van der Waals surface area (Å²) in [4.78, 5) is 3.90. The van der Waals surface area contributed by atoms with Crippen LogP contribution in [0.2, 0.25) is 0 Å². The lowest BCUT2D eigenvalue weighted by atomic mass is 10.4. The van der Waals surface area contributed by atoms with Gasteiger partial charge in [0.2, 0.25) is 0 Å². The summed E-state index contributed by atoms with van der Waals surface area (Å²) in [6.07, 6.45) is 2.61. The molecule has 96 valence electrons. The molecule has 0 spiro atoms. The van der Waals surface area contributed by atoms with Gasteiger partial charge in [-0.05, 0) is 43.4 Å². The van der Waals surface area contributed by atoms with E-state index in [2.05, 4.69) is 27.5 Å². The van der Waals surface area contributed by atoms with Crippen LogP contribution in [0.15, 0.2) is 17.5 Å². The van der Waals surface area contributed by atoms with Gasteiger partial charge in [0.05, 0.1) is 6.67 Å². The molecule has 3 rings (SSSR count). The molecular weight excluding hydrogens is 282 g/mol. The summed E-state index contributed by atoms with van der Waals surface area (Å²) < 4.78 is 2.84. The Labute approximate surface area is 120 Å². The Morgan fingerprint density at radius 3 is 2.94 bits per heavy atom. The van der Waals surface area contributed by atoms with E-state index in [1.54, 1.807) is 11.3 Å². The lowest BCUT2D eigenvalue weighted by Gasteiger charge is -2.20. The van der Waals surface area contributed by atoms with E-state index in [0.717, 1.165) is 28.2 Å². The lowest BCUT2D eigenvalue weighted by Crippen LogP contribution is -2.28. The third kappa shape index (κ3) is 2.88. The van der Waals surface area contributed by atoms with Crippen molar-refractivity contribution in [2.75, 3.05) is 0 Å². The monoisotopic (exact) mass is 297 g/mol. The van der Waals surface area contributed by atoms with Gasteiger partial charge in [-0.25, -0.2) is 4.68 Å². The zero-order valence-electron chi connectivity index (χ0n) is 10.2. The van der Waals surface area contributed by atoms with E-state index < -0.39 is 0 Å². The van der Waals surface area contributed by atoms with E-state index in [4.69, 9.17) is 12.2 Å². The zero-order valence-corrected chi connectivity index (χ0v) is 12.7. The summed E-state index contributed by atoms with van der Waals surface area (Å²) in [5.74, 6) is 0. The van der Waals surface area contributed by atoms with E-state index in [-0.39, 0.29) is 0 Å². The van der Waals surface area contributed by atoms with Gasteiger partial charge in [0.15, 0.2) is 3.95 Å². The number of thiophene rings is 1. The van der Waals surface area contributed by atoms with Crippen molar-refractivity contribution in [2.45, 2.75) is 39.0 Å².